The fraction of sp³-hybridized carbons (Fsp3) is 0.212. The second kappa shape index (κ2) is 7.57. The molecule has 0 radical (unpaired) electrons. The van der Waals surface area contributed by atoms with E-state index < -0.39 is 5.41 Å². The molecule has 0 amide bonds. The van der Waals surface area contributed by atoms with Gasteiger partial charge in [0.2, 0.25) is 0 Å². The first kappa shape index (κ1) is 22.6. The predicted molar refractivity (Wildman–Crippen MR) is 146 cm³/mol. The van der Waals surface area contributed by atoms with E-state index in [-0.39, 0.29) is 11.6 Å². The highest BCUT2D eigenvalue weighted by Crippen LogP contribution is 2.53. The van der Waals surface area contributed by atoms with Gasteiger partial charge in [-0.25, -0.2) is 4.39 Å². The number of halogens is 1. The molecule has 0 saturated heterocycles. The molecule has 2 nitrogen and oxygen atoms in total. The van der Waals surface area contributed by atoms with Crippen LogP contribution in [0.1, 0.15) is 58.9 Å². The highest BCUT2D eigenvalue weighted by Gasteiger charge is 2.39. The number of rotatable bonds is 2. The number of ketones is 1. The van der Waals surface area contributed by atoms with Crippen molar-refractivity contribution >= 4 is 27.3 Å². The minimum Gasteiger partial charge on any atom is -0.295 e. The first-order chi connectivity index (χ1) is 17.1. The Kier molecular flexibility index (Phi) is 4.75. The zero-order valence-corrected chi connectivity index (χ0v) is 21.5. The number of pyridine rings is 1. The van der Waals surface area contributed by atoms with E-state index in [4.69, 9.17) is 4.98 Å². The lowest BCUT2D eigenvalue weighted by Gasteiger charge is -2.24. The summed E-state index contributed by atoms with van der Waals surface area (Å²) in [5.74, 6) is -0.213. The van der Waals surface area contributed by atoms with Crippen LogP contribution in [0.15, 0.2) is 60.8 Å². The third-order valence-electron chi connectivity index (χ3n) is 8.21. The SMILES string of the molecule is CC(=O)c1ccc2c(c1)C(C)(C)c1c-2c(F)cc2c1ccc1c(-c3cc(C)c(C)c(C)c3)nccc12. The van der Waals surface area contributed by atoms with Gasteiger partial charge in [-0.05, 0) is 108 Å². The normalized spacial score (nSPS) is 13.8. The Labute approximate surface area is 210 Å². The van der Waals surface area contributed by atoms with Gasteiger partial charge in [0.1, 0.15) is 5.82 Å². The second-order valence-electron chi connectivity index (χ2n) is 10.7. The van der Waals surface area contributed by atoms with Crippen LogP contribution in [-0.4, -0.2) is 10.8 Å². The molecule has 1 heterocycles. The Morgan fingerprint density at radius 2 is 1.53 bits per heavy atom. The number of nitrogens with zero attached hydrogens (tertiary/aromatic N) is 1. The lowest BCUT2D eigenvalue weighted by molar-refractivity contribution is 0.101. The van der Waals surface area contributed by atoms with Crippen LogP contribution in [0.5, 0.6) is 0 Å². The molecule has 0 fully saturated rings. The van der Waals surface area contributed by atoms with Gasteiger partial charge in [0.05, 0.1) is 5.69 Å². The van der Waals surface area contributed by atoms with E-state index in [9.17, 15) is 4.79 Å². The number of carbonyl (C=O) groups is 1. The van der Waals surface area contributed by atoms with Crippen LogP contribution in [0, 0.1) is 26.6 Å². The number of benzene rings is 4. The summed E-state index contributed by atoms with van der Waals surface area (Å²) in [5.41, 5.74) is 9.47. The molecule has 5 aromatic rings. The Bertz CT molecular complexity index is 1750. The first-order valence-electron chi connectivity index (χ1n) is 12.4. The van der Waals surface area contributed by atoms with Crippen LogP contribution < -0.4 is 0 Å². The molecule has 6 rings (SSSR count). The molecule has 0 spiro atoms. The molecule has 0 aliphatic heterocycles. The Morgan fingerprint density at radius 3 is 2.22 bits per heavy atom. The van der Waals surface area contributed by atoms with Crippen molar-refractivity contribution in [2.45, 2.75) is 47.0 Å². The van der Waals surface area contributed by atoms with Crippen LogP contribution in [0.25, 0.3) is 43.9 Å². The fourth-order valence-corrected chi connectivity index (χ4v) is 6.05. The average Bonchev–Trinajstić information content (AvgIpc) is 3.09. The number of Topliss-reactive ketones (excluding diaryl/α,β-unsaturated/α-hetero) is 1. The van der Waals surface area contributed by atoms with E-state index in [2.05, 4.69) is 58.9 Å². The van der Waals surface area contributed by atoms with Gasteiger partial charge in [-0.3, -0.25) is 9.78 Å². The highest BCUT2D eigenvalue weighted by atomic mass is 19.1. The summed E-state index contributed by atoms with van der Waals surface area (Å²) >= 11 is 0. The summed E-state index contributed by atoms with van der Waals surface area (Å²) in [7, 11) is 0. The molecule has 0 bridgehead atoms. The van der Waals surface area contributed by atoms with Crippen molar-refractivity contribution in [1.82, 2.24) is 4.98 Å². The monoisotopic (exact) mass is 473 g/mol. The van der Waals surface area contributed by atoms with Gasteiger partial charge < -0.3 is 0 Å². The van der Waals surface area contributed by atoms with Gasteiger partial charge in [0, 0.05) is 33.7 Å². The number of aromatic nitrogens is 1. The summed E-state index contributed by atoms with van der Waals surface area (Å²) in [6, 6.07) is 17.9. The van der Waals surface area contributed by atoms with Crippen LogP contribution in [0.2, 0.25) is 0 Å². The van der Waals surface area contributed by atoms with Crippen LogP contribution >= 0.6 is 0 Å². The smallest absolute Gasteiger partial charge is 0.159 e. The Hall–Kier alpha value is -3.85. The fourth-order valence-electron chi connectivity index (χ4n) is 6.05. The largest absolute Gasteiger partial charge is 0.295 e. The summed E-state index contributed by atoms with van der Waals surface area (Å²) in [5, 5.41) is 3.93. The van der Waals surface area contributed by atoms with E-state index in [1.807, 2.05) is 24.4 Å². The molecule has 0 unspecified atom stereocenters. The number of hydrogen-bond acceptors (Lipinski definition) is 2. The summed E-state index contributed by atoms with van der Waals surface area (Å²) in [4.78, 5) is 16.8. The lowest BCUT2D eigenvalue weighted by Crippen LogP contribution is -2.16. The molecule has 1 aliphatic carbocycles. The van der Waals surface area contributed by atoms with Crippen molar-refractivity contribution in [3.63, 3.8) is 0 Å². The molecule has 3 heteroatoms. The topological polar surface area (TPSA) is 30.0 Å². The zero-order valence-electron chi connectivity index (χ0n) is 21.5. The Morgan fingerprint density at radius 1 is 0.833 bits per heavy atom. The van der Waals surface area contributed by atoms with Gasteiger partial charge in [0.25, 0.3) is 0 Å². The Balaban J connectivity index is 1.66. The standard InChI is InChI=1S/C33H28FNO/c1-17-13-22(14-18(2)19(17)3)32-25-10-9-24-27(23(25)11-12-35-32)16-29(34)30-26-8-7-21(20(4)36)15-28(26)33(5,6)31(24)30/h7-16H,1-6H3. The van der Waals surface area contributed by atoms with Crippen LogP contribution in [0.3, 0.4) is 0 Å². The maximum atomic E-state index is 15.9. The number of aryl methyl sites for hydroxylation is 2. The van der Waals surface area contributed by atoms with Crippen molar-refractivity contribution in [2.75, 3.05) is 0 Å². The number of hydrogen-bond donors (Lipinski definition) is 0. The predicted octanol–water partition coefficient (Wildman–Crippen LogP) is 8.63. The second-order valence-corrected chi connectivity index (χ2v) is 10.7. The van der Waals surface area contributed by atoms with Crippen LogP contribution in [0.4, 0.5) is 4.39 Å². The maximum absolute atomic E-state index is 15.9. The molecular weight excluding hydrogens is 445 g/mol. The third kappa shape index (κ3) is 3.02. The lowest BCUT2D eigenvalue weighted by atomic mass is 9.79. The summed E-state index contributed by atoms with van der Waals surface area (Å²) < 4.78 is 15.9. The van der Waals surface area contributed by atoms with E-state index in [1.165, 1.54) is 16.7 Å². The molecule has 0 saturated carbocycles. The zero-order chi connectivity index (χ0) is 25.5. The third-order valence-corrected chi connectivity index (χ3v) is 8.21. The average molecular weight is 474 g/mol. The van der Waals surface area contributed by atoms with E-state index in [0.29, 0.717) is 11.1 Å². The maximum Gasteiger partial charge on any atom is 0.159 e. The van der Waals surface area contributed by atoms with Gasteiger partial charge in [0.15, 0.2) is 5.78 Å². The summed E-state index contributed by atoms with van der Waals surface area (Å²) in [6.07, 6.45) is 1.83. The van der Waals surface area contributed by atoms with Gasteiger partial charge in [-0.2, -0.15) is 0 Å². The van der Waals surface area contributed by atoms with Crippen LogP contribution in [-0.2, 0) is 5.41 Å². The molecule has 178 valence electrons. The van der Waals surface area contributed by atoms with Crippen molar-refractivity contribution in [3.05, 3.63) is 100.0 Å². The molecule has 1 aromatic heterocycles. The summed E-state index contributed by atoms with van der Waals surface area (Å²) in [6.45, 7) is 12.2. The van der Waals surface area contributed by atoms with Crippen molar-refractivity contribution < 1.29 is 9.18 Å². The van der Waals surface area contributed by atoms with Gasteiger partial charge in [-0.15, -0.1) is 0 Å². The van der Waals surface area contributed by atoms with Gasteiger partial charge >= 0.3 is 0 Å². The number of carbonyl (C=O) groups excluding carboxylic acids is 1. The number of fused-ring (bicyclic) bond motifs is 7. The minimum atomic E-state index is -0.439. The minimum absolute atomic E-state index is 0.0162. The molecule has 0 atom stereocenters. The van der Waals surface area contributed by atoms with E-state index in [0.717, 1.165) is 49.5 Å². The molecule has 36 heavy (non-hydrogen) atoms. The first-order valence-corrected chi connectivity index (χ1v) is 12.4. The molecule has 0 N–H and O–H groups in total. The highest BCUT2D eigenvalue weighted by molar-refractivity contribution is 6.14. The molecule has 4 aromatic carbocycles. The van der Waals surface area contributed by atoms with Crippen molar-refractivity contribution in [1.29, 1.82) is 0 Å². The van der Waals surface area contributed by atoms with E-state index in [1.54, 1.807) is 19.1 Å². The van der Waals surface area contributed by atoms with Gasteiger partial charge in [-0.1, -0.05) is 38.1 Å². The quantitative estimate of drug-likeness (QED) is 0.190. The molecule has 1 aliphatic rings. The van der Waals surface area contributed by atoms with Crippen molar-refractivity contribution in [3.8, 4) is 22.4 Å². The van der Waals surface area contributed by atoms with Crippen molar-refractivity contribution in [2.24, 2.45) is 0 Å². The molecular formula is C33H28FNO. The van der Waals surface area contributed by atoms with E-state index >= 15 is 4.39 Å².